The summed E-state index contributed by atoms with van der Waals surface area (Å²) in [5.74, 6) is -0.195. The third-order valence-corrected chi connectivity index (χ3v) is 3.38. The number of hydrogen-bond acceptors (Lipinski definition) is 2. The van der Waals surface area contributed by atoms with Crippen LogP contribution in [0.5, 0.6) is 0 Å². The summed E-state index contributed by atoms with van der Waals surface area (Å²) < 4.78 is 6.15. The number of ether oxygens (including phenoxy) is 1. The van der Waals surface area contributed by atoms with Crippen LogP contribution < -0.4 is 0 Å². The van der Waals surface area contributed by atoms with E-state index >= 15 is 0 Å². The summed E-state index contributed by atoms with van der Waals surface area (Å²) in [6.45, 7) is 2.25. The standard InChI is InChI=1S/C15H15BrO2/c1-2-18-15(17)14-6-4-3-5-13(14)11-7-9-12(16)10-8-11/h3,5,7-10H,2,4,6H2,1H3. The molecule has 0 fully saturated rings. The number of allylic oxidation sites excluding steroid dienone is 3. The smallest absolute Gasteiger partial charge is 0.334 e. The van der Waals surface area contributed by atoms with Crippen molar-refractivity contribution in [2.45, 2.75) is 19.8 Å². The summed E-state index contributed by atoms with van der Waals surface area (Å²) in [6.07, 6.45) is 5.76. The van der Waals surface area contributed by atoms with Gasteiger partial charge in [0.05, 0.1) is 6.61 Å². The fourth-order valence-corrected chi connectivity index (χ4v) is 2.26. The van der Waals surface area contributed by atoms with E-state index in [0.717, 1.165) is 34.0 Å². The van der Waals surface area contributed by atoms with E-state index in [1.54, 1.807) is 0 Å². The van der Waals surface area contributed by atoms with Crippen LogP contribution >= 0.6 is 15.9 Å². The van der Waals surface area contributed by atoms with Crippen LogP contribution in [0.3, 0.4) is 0 Å². The molecule has 0 saturated heterocycles. The molecule has 1 aliphatic carbocycles. The topological polar surface area (TPSA) is 26.3 Å². The molecule has 2 nitrogen and oxygen atoms in total. The Morgan fingerprint density at radius 2 is 2.06 bits per heavy atom. The Balaban J connectivity index is 2.39. The highest BCUT2D eigenvalue weighted by molar-refractivity contribution is 9.10. The Kier molecular flexibility index (Phi) is 4.37. The zero-order valence-electron chi connectivity index (χ0n) is 10.3. The molecule has 1 aromatic rings. The number of halogens is 1. The van der Waals surface area contributed by atoms with Gasteiger partial charge in [-0.3, -0.25) is 0 Å². The van der Waals surface area contributed by atoms with Crippen molar-refractivity contribution in [3.05, 3.63) is 52.0 Å². The zero-order valence-corrected chi connectivity index (χ0v) is 11.9. The first-order valence-electron chi connectivity index (χ1n) is 6.05. The third-order valence-electron chi connectivity index (χ3n) is 2.85. The second kappa shape index (κ2) is 6.01. The van der Waals surface area contributed by atoms with Gasteiger partial charge in [-0.2, -0.15) is 0 Å². The van der Waals surface area contributed by atoms with Crippen molar-refractivity contribution in [2.24, 2.45) is 0 Å². The lowest BCUT2D eigenvalue weighted by molar-refractivity contribution is -0.138. The molecule has 3 heteroatoms. The Morgan fingerprint density at radius 1 is 1.33 bits per heavy atom. The molecular formula is C15H15BrO2. The van der Waals surface area contributed by atoms with E-state index in [1.807, 2.05) is 37.3 Å². The van der Waals surface area contributed by atoms with Gasteiger partial charge in [0.2, 0.25) is 0 Å². The summed E-state index contributed by atoms with van der Waals surface area (Å²) in [5.41, 5.74) is 2.81. The van der Waals surface area contributed by atoms with Crippen LogP contribution in [0.4, 0.5) is 0 Å². The van der Waals surface area contributed by atoms with Gasteiger partial charge in [0.15, 0.2) is 0 Å². The summed E-state index contributed by atoms with van der Waals surface area (Å²) >= 11 is 3.41. The van der Waals surface area contributed by atoms with E-state index in [-0.39, 0.29) is 5.97 Å². The van der Waals surface area contributed by atoms with Crippen molar-refractivity contribution in [2.75, 3.05) is 6.61 Å². The lowest BCUT2D eigenvalue weighted by Gasteiger charge is -2.15. The molecule has 2 rings (SSSR count). The molecule has 0 saturated carbocycles. The van der Waals surface area contributed by atoms with Gasteiger partial charge in [-0.25, -0.2) is 4.79 Å². The van der Waals surface area contributed by atoms with Crippen molar-refractivity contribution in [3.8, 4) is 0 Å². The summed E-state index contributed by atoms with van der Waals surface area (Å²) in [5, 5.41) is 0. The van der Waals surface area contributed by atoms with Crippen molar-refractivity contribution in [1.29, 1.82) is 0 Å². The first-order valence-corrected chi connectivity index (χ1v) is 6.84. The second-order valence-electron chi connectivity index (χ2n) is 4.06. The monoisotopic (exact) mass is 306 g/mol. The van der Waals surface area contributed by atoms with Crippen LogP contribution in [0.1, 0.15) is 25.3 Å². The minimum absolute atomic E-state index is 0.195. The largest absolute Gasteiger partial charge is 0.463 e. The van der Waals surface area contributed by atoms with Crippen molar-refractivity contribution >= 4 is 27.5 Å². The molecule has 0 bridgehead atoms. The molecule has 0 N–H and O–H groups in total. The van der Waals surface area contributed by atoms with E-state index in [2.05, 4.69) is 22.0 Å². The predicted molar refractivity (Wildman–Crippen MR) is 76.1 cm³/mol. The van der Waals surface area contributed by atoms with Gasteiger partial charge in [-0.15, -0.1) is 0 Å². The van der Waals surface area contributed by atoms with E-state index in [1.165, 1.54) is 0 Å². The Hall–Kier alpha value is -1.35. The molecule has 0 aliphatic heterocycles. The number of carbonyl (C=O) groups excluding carboxylic acids is 1. The fourth-order valence-electron chi connectivity index (χ4n) is 1.99. The van der Waals surface area contributed by atoms with Gasteiger partial charge in [-0.1, -0.05) is 40.2 Å². The third kappa shape index (κ3) is 2.91. The van der Waals surface area contributed by atoms with Gasteiger partial charge in [0, 0.05) is 10.0 Å². The zero-order chi connectivity index (χ0) is 13.0. The molecule has 1 aromatic carbocycles. The molecule has 0 radical (unpaired) electrons. The highest BCUT2D eigenvalue weighted by atomic mass is 79.9. The molecule has 94 valence electrons. The van der Waals surface area contributed by atoms with Gasteiger partial charge in [-0.05, 0) is 43.0 Å². The molecule has 0 heterocycles. The van der Waals surface area contributed by atoms with Gasteiger partial charge >= 0.3 is 5.97 Å². The van der Waals surface area contributed by atoms with Crippen molar-refractivity contribution in [3.63, 3.8) is 0 Å². The summed E-state index contributed by atoms with van der Waals surface area (Å²) in [6, 6.07) is 7.98. The molecule has 18 heavy (non-hydrogen) atoms. The van der Waals surface area contributed by atoms with Crippen molar-refractivity contribution in [1.82, 2.24) is 0 Å². The van der Waals surface area contributed by atoms with Crippen molar-refractivity contribution < 1.29 is 9.53 Å². The lowest BCUT2D eigenvalue weighted by Crippen LogP contribution is -2.11. The lowest BCUT2D eigenvalue weighted by atomic mass is 9.92. The Morgan fingerprint density at radius 3 is 2.72 bits per heavy atom. The summed E-state index contributed by atoms with van der Waals surface area (Å²) in [7, 11) is 0. The normalized spacial score (nSPS) is 14.8. The first kappa shape index (κ1) is 13.1. The molecule has 0 spiro atoms. The second-order valence-corrected chi connectivity index (χ2v) is 4.98. The minimum Gasteiger partial charge on any atom is -0.463 e. The van der Waals surface area contributed by atoms with E-state index < -0.39 is 0 Å². The quantitative estimate of drug-likeness (QED) is 0.785. The average Bonchev–Trinajstić information content (AvgIpc) is 2.40. The highest BCUT2D eigenvalue weighted by Gasteiger charge is 2.18. The van der Waals surface area contributed by atoms with Crippen LogP contribution in [0, 0.1) is 0 Å². The van der Waals surface area contributed by atoms with E-state index in [9.17, 15) is 4.79 Å². The number of carbonyl (C=O) groups is 1. The predicted octanol–water partition coefficient (Wildman–Crippen LogP) is 4.12. The summed E-state index contributed by atoms with van der Waals surface area (Å²) in [4.78, 5) is 11.9. The molecule has 0 unspecified atom stereocenters. The minimum atomic E-state index is -0.195. The van der Waals surface area contributed by atoms with Crippen LogP contribution in [0.15, 0.2) is 46.5 Å². The molecule has 0 aromatic heterocycles. The maximum Gasteiger partial charge on any atom is 0.334 e. The Labute approximate surface area is 115 Å². The maximum atomic E-state index is 11.9. The van der Waals surface area contributed by atoms with E-state index in [0.29, 0.717) is 6.61 Å². The van der Waals surface area contributed by atoms with Crippen LogP contribution in [-0.4, -0.2) is 12.6 Å². The van der Waals surface area contributed by atoms with Crippen LogP contribution in [-0.2, 0) is 9.53 Å². The number of hydrogen-bond donors (Lipinski definition) is 0. The average molecular weight is 307 g/mol. The fraction of sp³-hybridized carbons (Fsp3) is 0.267. The molecule has 1 aliphatic rings. The van der Waals surface area contributed by atoms with Gasteiger partial charge < -0.3 is 4.74 Å². The molecule has 0 atom stereocenters. The number of benzene rings is 1. The Bertz CT molecular complexity index is 498. The number of rotatable bonds is 3. The van der Waals surface area contributed by atoms with Crippen LogP contribution in [0.25, 0.3) is 5.57 Å². The molecule has 0 amide bonds. The van der Waals surface area contributed by atoms with Gasteiger partial charge in [0.1, 0.15) is 0 Å². The number of esters is 1. The SMILES string of the molecule is CCOC(=O)C1=C(c2ccc(Br)cc2)C=CCC1. The first-order chi connectivity index (χ1) is 8.72. The van der Waals surface area contributed by atoms with Gasteiger partial charge in [0.25, 0.3) is 0 Å². The maximum absolute atomic E-state index is 11.9. The van der Waals surface area contributed by atoms with Crippen LogP contribution in [0.2, 0.25) is 0 Å². The highest BCUT2D eigenvalue weighted by Crippen LogP contribution is 2.29. The van der Waals surface area contributed by atoms with E-state index in [4.69, 9.17) is 4.74 Å². The molecular weight excluding hydrogens is 292 g/mol.